The Labute approximate surface area is 89.8 Å². The summed E-state index contributed by atoms with van der Waals surface area (Å²) in [5, 5.41) is 7.64. The zero-order valence-corrected chi connectivity index (χ0v) is 9.15. The van der Waals surface area contributed by atoms with Gasteiger partial charge in [-0.3, -0.25) is 4.68 Å². The van der Waals surface area contributed by atoms with Gasteiger partial charge in [0, 0.05) is 33.2 Å². The van der Waals surface area contributed by atoms with Gasteiger partial charge in [0.2, 0.25) is 0 Å². The van der Waals surface area contributed by atoms with Gasteiger partial charge in [0.25, 0.3) is 0 Å². The van der Waals surface area contributed by atoms with Crippen molar-refractivity contribution in [3.05, 3.63) is 12.2 Å². The third kappa shape index (κ3) is 3.28. The van der Waals surface area contributed by atoms with E-state index in [0.29, 0.717) is 5.92 Å². The molecule has 0 spiro atoms. The number of rotatable bonds is 5. The minimum atomic E-state index is 0.696. The van der Waals surface area contributed by atoms with Crippen molar-refractivity contribution in [2.24, 2.45) is 13.0 Å². The molecule has 0 aliphatic carbocycles. The van der Waals surface area contributed by atoms with Gasteiger partial charge in [-0.2, -0.15) is 5.10 Å². The highest BCUT2D eigenvalue weighted by Gasteiger charge is 2.14. The lowest BCUT2D eigenvalue weighted by Gasteiger charge is -2.07. The van der Waals surface area contributed by atoms with E-state index in [1.165, 1.54) is 6.42 Å². The van der Waals surface area contributed by atoms with Crippen molar-refractivity contribution >= 4 is 0 Å². The van der Waals surface area contributed by atoms with Crippen molar-refractivity contribution in [1.29, 1.82) is 0 Å². The van der Waals surface area contributed by atoms with Crippen LogP contribution in [0.1, 0.15) is 12.2 Å². The van der Waals surface area contributed by atoms with Crippen LogP contribution < -0.4 is 5.32 Å². The van der Waals surface area contributed by atoms with E-state index >= 15 is 0 Å². The molecule has 1 unspecified atom stereocenters. The van der Waals surface area contributed by atoms with E-state index in [1.807, 2.05) is 7.05 Å². The van der Waals surface area contributed by atoms with E-state index in [0.717, 1.165) is 38.5 Å². The number of aromatic nitrogens is 3. The van der Waals surface area contributed by atoms with E-state index in [2.05, 4.69) is 15.4 Å². The molecule has 1 aliphatic rings. The Bertz CT molecular complexity index is 293. The first kappa shape index (κ1) is 10.6. The van der Waals surface area contributed by atoms with E-state index in [-0.39, 0.29) is 0 Å². The number of hydrogen-bond acceptors (Lipinski definition) is 4. The fourth-order valence-electron chi connectivity index (χ4n) is 1.75. The Morgan fingerprint density at radius 1 is 1.67 bits per heavy atom. The van der Waals surface area contributed by atoms with Gasteiger partial charge in [-0.15, -0.1) is 0 Å². The third-order valence-corrected chi connectivity index (χ3v) is 2.63. The monoisotopic (exact) mass is 210 g/mol. The van der Waals surface area contributed by atoms with Crippen LogP contribution in [-0.4, -0.2) is 41.1 Å². The fraction of sp³-hybridized carbons (Fsp3) is 0.800. The molecule has 15 heavy (non-hydrogen) atoms. The van der Waals surface area contributed by atoms with Crippen LogP contribution in [0.2, 0.25) is 0 Å². The van der Waals surface area contributed by atoms with Crippen molar-refractivity contribution < 1.29 is 4.74 Å². The quantitative estimate of drug-likeness (QED) is 0.694. The van der Waals surface area contributed by atoms with Gasteiger partial charge < -0.3 is 10.1 Å². The summed E-state index contributed by atoms with van der Waals surface area (Å²) in [7, 11) is 1.89. The summed E-state index contributed by atoms with van der Waals surface area (Å²) in [6, 6.07) is 0. The minimum absolute atomic E-state index is 0.696. The van der Waals surface area contributed by atoms with E-state index < -0.39 is 0 Å². The lowest BCUT2D eigenvalue weighted by atomic mass is 10.1. The summed E-state index contributed by atoms with van der Waals surface area (Å²) < 4.78 is 7.04. The highest BCUT2D eigenvalue weighted by Crippen LogP contribution is 2.10. The van der Waals surface area contributed by atoms with Gasteiger partial charge in [0.1, 0.15) is 6.33 Å². The molecule has 0 amide bonds. The van der Waals surface area contributed by atoms with Crippen LogP contribution >= 0.6 is 0 Å². The fourth-order valence-corrected chi connectivity index (χ4v) is 1.75. The van der Waals surface area contributed by atoms with Gasteiger partial charge in [0.05, 0.1) is 6.61 Å². The maximum atomic E-state index is 5.31. The Morgan fingerprint density at radius 2 is 2.60 bits per heavy atom. The molecule has 2 rings (SSSR count). The van der Waals surface area contributed by atoms with Crippen LogP contribution in [0.25, 0.3) is 0 Å². The molecule has 5 nitrogen and oxygen atoms in total. The third-order valence-electron chi connectivity index (χ3n) is 2.63. The topological polar surface area (TPSA) is 52.0 Å². The van der Waals surface area contributed by atoms with Gasteiger partial charge in [-0.05, 0) is 12.3 Å². The molecule has 5 heteroatoms. The molecule has 1 N–H and O–H groups in total. The first-order valence-electron chi connectivity index (χ1n) is 5.47. The Morgan fingerprint density at radius 3 is 3.27 bits per heavy atom. The molecule has 0 saturated carbocycles. The molecule has 0 aromatic carbocycles. The number of ether oxygens (including phenoxy) is 1. The first-order chi connectivity index (χ1) is 7.34. The van der Waals surface area contributed by atoms with Crippen molar-refractivity contribution in [3.8, 4) is 0 Å². The zero-order valence-electron chi connectivity index (χ0n) is 9.15. The van der Waals surface area contributed by atoms with Crippen LogP contribution in [0, 0.1) is 5.92 Å². The molecule has 84 valence electrons. The Balaban J connectivity index is 1.58. The maximum absolute atomic E-state index is 5.31. The first-order valence-corrected chi connectivity index (χ1v) is 5.47. The molecule has 1 saturated heterocycles. The van der Waals surface area contributed by atoms with Crippen LogP contribution in [0.15, 0.2) is 6.33 Å². The second kappa shape index (κ2) is 5.23. The van der Waals surface area contributed by atoms with Crippen LogP contribution in [0.5, 0.6) is 0 Å². The van der Waals surface area contributed by atoms with Crippen molar-refractivity contribution in [3.63, 3.8) is 0 Å². The van der Waals surface area contributed by atoms with Crippen molar-refractivity contribution in [1.82, 2.24) is 20.1 Å². The number of hydrogen-bond donors (Lipinski definition) is 1. The predicted octanol–water partition coefficient (Wildman–Crippen LogP) is -0.0163. The standard InChI is InChI=1S/C10H18N4O/c1-14-8-12-10(13-14)2-4-11-6-9-3-5-15-7-9/h8-9,11H,2-7H2,1H3. The normalized spacial score (nSPS) is 21.0. The SMILES string of the molecule is Cn1cnc(CCNCC2CCOC2)n1. The summed E-state index contributed by atoms with van der Waals surface area (Å²) in [5.74, 6) is 1.61. The Kier molecular flexibility index (Phi) is 3.69. The smallest absolute Gasteiger partial charge is 0.151 e. The average molecular weight is 210 g/mol. The van der Waals surface area contributed by atoms with E-state index in [9.17, 15) is 0 Å². The minimum Gasteiger partial charge on any atom is -0.381 e. The van der Waals surface area contributed by atoms with Crippen molar-refractivity contribution in [2.75, 3.05) is 26.3 Å². The molecule has 1 aromatic rings. The number of nitrogens with zero attached hydrogens (tertiary/aromatic N) is 3. The summed E-state index contributed by atoms with van der Waals surface area (Å²) in [4.78, 5) is 4.17. The average Bonchev–Trinajstić information content (AvgIpc) is 2.84. The van der Waals surface area contributed by atoms with E-state index in [4.69, 9.17) is 4.74 Å². The van der Waals surface area contributed by atoms with E-state index in [1.54, 1.807) is 11.0 Å². The molecule has 0 radical (unpaired) electrons. The second-order valence-electron chi connectivity index (χ2n) is 4.02. The molecular formula is C10H18N4O. The number of nitrogens with one attached hydrogen (secondary N) is 1. The van der Waals surface area contributed by atoms with Gasteiger partial charge >= 0.3 is 0 Å². The molecule has 0 bridgehead atoms. The number of aryl methyl sites for hydroxylation is 1. The van der Waals surface area contributed by atoms with Gasteiger partial charge in [-0.1, -0.05) is 0 Å². The lowest BCUT2D eigenvalue weighted by molar-refractivity contribution is 0.185. The molecule has 2 heterocycles. The van der Waals surface area contributed by atoms with Crippen LogP contribution in [0.3, 0.4) is 0 Å². The molecule has 1 aromatic heterocycles. The van der Waals surface area contributed by atoms with Gasteiger partial charge in [0.15, 0.2) is 5.82 Å². The Hall–Kier alpha value is -0.940. The summed E-state index contributed by atoms with van der Waals surface area (Å²) >= 11 is 0. The lowest BCUT2D eigenvalue weighted by Crippen LogP contribution is -2.25. The highest BCUT2D eigenvalue weighted by atomic mass is 16.5. The van der Waals surface area contributed by atoms with Crippen molar-refractivity contribution in [2.45, 2.75) is 12.8 Å². The summed E-state index contributed by atoms with van der Waals surface area (Å²) in [6.07, 6.45) is 3.82. The largest absolute Gasteiger partial charge is 0.381 e. The summed E-state index contributed by atoms with van der Waals surface area (Å²) in [5.41, 5.74) is 0. The maximum Gasteiger partial charge on any atom is 0.151 e. The second-order valence-corrected chi connectivity index (χ2v) is 4.02. The summed E-state index contributed by atoms with van der Waals surface area (Å²) in [6.45, 7) is 3.83. The van der Waals surface area contributed by atoms with Crippen LogP contribution in [-0.2, 0) is 18.2 Å². The molecule has 1 aliphatic heterocycles. The molecule has 1 atom stereocenters. The predicted molar refractivity (Wildman–Crippen MR) is 56.5 cm³/mol. The van der Waals surface area contributed by atoms with Crippen LogP contribution in [0.4, 0.5) is 0 Å². The highest BCUT2D eigenvalue weighted by molar-refractivity contribution is 4.82. The zero-order chi connectivity index (χ0) is 10.5. The molecular weight excluding hydrogens is 192 g/mol. The molecule has 1 fully saturated rings. The van der Waals surface area contributed by atoms with Gasteiger partial charge in [-0.25, -0.2) is 4.98 Å².